The molecular formula is C18H18BrFN2O3. The summed E-state index contributed by atoms with van der Waals surface area (Å²) in [5.41, 5.74) is 6.78. The highest BCUT2D eigenvalue weighted by Gasteiger charge is 2.18. The number of hydrogen-bond acceptors (Lipinski definition) is 3. The summed E-state index contributed by atoms with van der Waals surface area (Å²) in [7, 11) is 0. The Labute approximate surface area is 153 Å². The van der Waals surface area contributed by atoms with Crippen molar-refractivity contribution in [1.29, 1.82) is 0 Å². The average Bonchev–Trinajstić information content (AvgIpc) is 2.56. The molecule has 0 bridgehead atoms. The van der Waals surface area contributed by atoms with Crippen LogP contribution in [0.2, 0.25) is 0 Å². The summed E-state index contributed by atoms with van der Waals surface area (Å²) in [5.74, 6) is -0.940. The molecule has 132 valence electrons. The average molecular weight is 409 g/mol. The number of nitrogens with one attached hydrogen (secondary N) is 2. The van der Waals surface area contributed by atoms with E-state index in [1.54, 1.807) is 13.0 Å². The van der Waals surface area contributed by atoms with Gasteiger partial charge in [0.25, 0.3) is 11.8 Å². The zero-order valence-corrected chi connectivity index (χ0v) is 15.6. The number of aryl methyl sites for hydroxylation is 1. The maximum atomic E-state index is 13.1. The molecule has 7 heteroatoms. The smallest absolute Gasteiger partial charge is 0.279 e. The molecule has 0 spiro atoms. The molecule has 5 nitrogen and oxygen atoms in total. The minimum absolute atomic E-state index is 0.199. The third-order valence-corrected chi connectivity index (χ3v) is 4.36. The van der Waals surface area contributed by atoms with Crippen molar-refractivity contribution in [3.63, 3.8) is 0 Å². The van der Waals surface area contributed by atoms with E-state index in [1.807, 2.05) is 26.0 Å². The molecule has 2 amide bonds. The number of benzene rings is 2. The molecule has 2 aromatic rings. The summed E-state index contributed by atoms with van der Waals surface area (Å²) < 4.78 is 19.0. The minimum atomic E-state index is -0.808. The first-order valence-corrected chi connectivity index (χ1v) is 8.37. The largest absolute Gasteiger partial charge is 0.481 e. The molecule has 0 unspecified atom stereocenters. The predicted molar refractivity (Wildman–Crippen MR) is 95.7 cm³/mol. The van der Waals surface area contributed by atoms with Crippen LogP contribution in [0.3, 0.4) is 0 Å². The van der Waals surface area contributed by atoms with Crippen molar-refractivity contribution in [1.82, 2.24) is 10.9 Å². The van der Waals surface area contributed by atoms with Crippen LogP contribution in [0.4, 0.5) is 4.39 Å². The van der Waals surface area contributed by atoms with Gasteiger partial charge >= 0.3 is 0 Å². The summed E-state index contributed by atoms with van der Waals surface area (Å²) in [4.78, 5) is 24.1. The van der Waals surface area contributed by atoms with Crippen LogP contribution < -0.4 is 15.6 Å². The lowest BCUT2D eigenvalue weighted by Crippen LogP contribution is -2.47. The number of halogens is 2. The molecule has 1 atom stereocenters. The van der Waals surface area contributed by atoms with Crippen molar-refractivity contribution in [3.05, 3.63) is 63.4 Å². The zero-order valence-electron chi connectivity index (χ0n) is 14.0. The third kappa shape index (κ3) is 4.79. The summed E-state index contributed by atoms with van der Waals surface area (Å²) >= 11 is 3.10. The van der Waals surface area contributed by atoms with Crippen molar-refractivity contribution >= 4 is 27.7 Å². The number of carbonyl (C=O) groups excluding carboxylic acids is 2. The third-order valence-electron chi connectivity index (χ3n) is 3.70. The fraction of sp³-hybridized carbons (Fsp3) is 0.222. The maximum absolute atomic E-state index is 13.1. The fourth-order valence-corrected chi connectivity index (χ4v) is 2.59. The molecule has 0 heterocycles. The van der Waals surface area contributed by atoms with Crippen LogP contribution in [-0.4, -0.2) is 17.9 Å². The van der Waals surface area contributed by atoms with E-state index >= 15 is 0 Å². The molecule has 0 aromatic heterocycles. The quantitative estimate of drug-likeness (QED) is 0.761. The molecule has 0 radical (unpaired) electrons. The van der Waals surface area contributed by atoms with E-state index in [2.05, 4.69) is 26.8 Å². The SMILES string of the molecule is Cc1cccc(O[C@H](C)C(=O)NNC(=O)c2ccc(F)cc2Br)c1C. The molecular weight excluding hydrogens is 391 g/mol. The van der Waals surface area contributed by atoms with Gasteiger partial charge in [-0.3, -0.25) is 20.4 Å². The summed E-state index contributed by atoms with van der Waals surface area (Å²) in [6, 6.07) is 9.22. The topological polar surface area (TPSA) is 67.4 Å². The van der Waals surface area contributed by atoms with Crippen LogP contribution in [0.5, 0.6) is 5.75 Å². The van der Waals surface area contributed by atoms with Crippen LogP contribution in [0.15, 0.2) is 40.9 Å². The first kappa shape index (κ1) is 18.9. The first-order valence-electron chi connectivity index (χ1n) is 7.57. The van der Waals surface area contributed by atoms with E-state index in [0.717, 1.165) is 17.2 Å². The van der Waals surface area contributed by atoms with E-state index in [-0.39, 0.29) is 5.56 Å². The van der Waals surface area contributed by atoms with Crippen molar-refractivity contribution in [2.75, 3.05) is 0 Å². The fourth-order valence-electron chi connectivity index (χ4n) is 2.06. The highest BCUT2D eigenvalue weighted by molar-refractivity contribution is 9.10. The van der Waals surface area contributed by atoms with E-state index in [9.17, 15) is 14.0 Å². The summed E-state index contributed by atoms with van der Waals surface area (Å²) in [6.07, 6.45) is -0.808. The Bertz CT molecular complexity index is 811. The van der Waals surface area contributed by atoms with Crippen molar-refractivity contribution in [2.24, 2.45) is 0 Å². The lowest BCUT2D eigenvalue weighted by Gasteiger charge is -2.17. The van der Waals surface area contributed by atoms with Gasteiger partial charge in [0.2, 0.25) is 0 Å². The predicted octanol–water partition coefficient (Wildman–Crippen LogP) is 3.43. The van der Waals surface area contributed by atoms with Gasteiger partial charge in [-0.25, -0.2) is 4.39 Å². The molecule has 0 aliphatic carbocycles. The molecule has 2 N–H and O–H groups in total. The molecule has 25 heavy (non-hydrogen) atoms. The van der Waals surface area contributed by atoms with Gasteiger partial charge in [0.05, 0.1) is 5.56 Å². The highest BCUT2D eigenvalue weighted by atomic mass is 79.9. The monoisotopic (exact) mass is 408 g/mol. The minimum Gasteiger partial charge on any atom is -0.481 e. The molecule has 0 aliphatic heterocycles. The maximum Gasteiger partial charge on any atom is 0.279 e. The highest BCUT2D eigenvalue weighted by Crippen LogP contribution is 2.21. The van der Waals surface area contributed by atoms with E-state index in [1.165, 1.54) is 12.1 Å². The number of amides is 2. The second-order valence-electron chi connectivity index (χ2n) is 5.53. The second-order valence-corrected chi connectivity index (χ2v) is 6.38. The number of ether oxygens (including phenoxy) is 1. The van der Waals surface area contributed by atoms with Gasteiger partial charge < -0.3 is 4.74 Å². The molecule has 2 rings (SSSR count). The number of hydrazine groups is 1. The molecule has 0 fully saturated rings. The Morgan fingerprint density at radius 3 is 2.56 bits per heavy atom. The summed E-state index contributed by atoms with van der Waals surface area (Å²) in [6.45, 7) is 5.44. The lowest BCUT2D eigenvalue weighted by atomic mass is 10.1. The van der Waals surface area contributed by atoms with E-state index in [0.29, 0.717) is 10.2 Å². The van der Waals surface area contributed by atoms with Crippen molar-refractivity contribution in [2.45, 2.75) is 26.9 Å². The van der Waals surface area contributed by atoms with Crippen molar-refractivity contribution in [3.8, 4) is 5.75 Å². The first-order chi connectivity index (χ1) is 11.8. The molecule has 2 aromatic carbocycles. The second kappa shape index (κ2) is 8.11. The van der Waals surface area contributed by atoms with Gasteiger partial charge in [0, 0.05) is 4.47 Å². The Morgan fingerprint density at radius 2 is 1.88 bits per heavy atom. The Kier molecular flexibility index (Phi) is 6.14. The lowest BCUT2D eigenvalue weighted by molar-refractivity contribution is -0.128. The van der Waals surface area contributed by atoms with Crippen LogP contribution in [0.1, 0.15) is 28.4 Å². The van der Waals surface area contributed by atoms with Gasteiger partial charge in [0.1, 0.15) is 11.6 Å². The van der Waals surface area contributed by atoms with Crippen molar-refractivity contribution < 1.29 is 18.7 Å². The van der Waals surface area contributed by atoms with Gasteiger partial charge in [-0.1, -0.05) is 12.1 Å². The van der Waals surface area contributed by atoms with Gasteiger partial charge in [-0.05, 0) is 72.1 Å². The molecule has 0 saturated heterocycles. The standard InChI is InChI=1S/C18H18BrFN2O3/c1-10-5-4-6-16(11(10)2)25-12(3)17(23)21-22-18(24)14-8-7-13(20)9-15(14)19/h4-9,12H,1-3H3,(H,21,23)(H,22,24)/t12-/m1/s1. The Morgan fingerprint density at radius 1 is 1.16 bits per heavy atom. The molecule has 0 aliphatic rings. The van der Waals surface area contributed by atoms with Gasteiger partial charge in [0.15, 0.2) is 6.10 Å². The van der Waals surface area contributed by atoms with Crippen LogP contribution in [0, 0.1) is 19.7 Å². The Hall–Kier alpha value is -2.41. The van der Waals surface area contributed by atoms with Gasteiger partial charge in [-0.2, -0.15) is 0 Å². The van der Waals surface area contributed by atoms with Gasteiger partial charge in [-0.15, -0.1) is 0 Å². The normalized spacial score (nSPS) is 11.6. The number of rotatable bonds is 4. The number of carbonyl (C=O) groups is 2. The van der Waals surface area contributed by atoms with Crippen LogP contribution >= 0.6 is 15.9 Å². The van der Waals surface area contributed by atoms with E-state index < -0.39 is 23.7 Å². The Balaban J connectivity index is 1.95. The summed E-state index contributed by atoms with van der Waals surface area (Å²) in [5, 5.41) is 0. The zero-order chi connectivity index (χ0) is 18.6. The number of hydrogen-bond donors (Lipinski definition) is 2. The van der Waals surface area contributed by atoms with Crippen LogP contribution in [-0.2, 0) is 4.79 Å². The van der Waals surface area contributed by atoms with E-state index in [4.69, 9.17) is 4.74 Å². The molecule has 0 saturated carbocycles. The van der Waals surface area contributed by atoms with Crippen LogP contribution in [0.25, 0.3) is 0 Å².